The monoisotopic (exact) mass is 276 g/mol. The Balaban J connectivity index is 1.87. The molecule has 21 heavy (non-hydrogen) atoms. The van der Waals surface area contributed by atoms with Crippen LogP contribution >= 0.6 is 0 Å². The lowest BCUT2D eigenvalue weighted by molar-refractivity contribution is 0.415. The Bertz CT molecular complexity index is 777. The molecule has 1 atom stereocenters. The van der Waals surface area contributed by atoms with Crippen LogP contribution in [0.15, 0.2) is 66.9 Å². The number of nitrogens with one attached hydrogen (secondary N) is 1. The lowest BCUT2D eigenvalue weighted by Crippen LogP contribution is -2.21. The molecule has 0 amide bonds. The fourth-order valence-electron chi connectivity index (χ4n) is 2.95. The number of methoxy groups -OCH3 is 1. The normalized spacial score (nSPS) is 15.8. The van der Waals surface area contributed by atoms with Crippen LogP contribution in [0.5, 0.6) is 5.75 Å². The van der Waals surface area contributed by atoms with Gasteiger partial charge in [0.15, 0.2) is 0 Å². The SMILES string of the molecule is COc1ccc2c(c1)N[C@H](c1ccccc1)c1cccn1-2. The molecule has 3 heteroatoms. The maximum atomic E-state index is 5.34. The van der Waals surface area contributed by atoms with E-state index in [-0.39, 0.29) is 6.04 Å². The van der Waals surface area contributed by atoms with E-state index in [9.17, 15) is 0 Å². The molecule has 1 aliphatic rings. The second-order valence-electron chi connectivity index (χ2n) is 5.17. The maximum absolute atomic E-state index is 5.34. The van der Waals surface area contributed by atoms with Crippen molar-refractivity contribution < 1.29 is 4.74 Å². The van der Waals surface area contributed by atoms with Crippen LogP contribution < -0.4 is 10.1 Å². The molecule has 0 fully saturated rings. The van der Waals surface area contributed by atoms with Gasteiger partial charge in [-0.3, -0.25) is 0 Å². The highest BCUT2D eigenvalue weighted by Gasteiger charge is 2.24. The Morgan fingerprint density at radius 2 is 1.86 bits per heavy atom. The van der Waals surface area contributed by atoms with Crippen molar-refractivity contribution in [2.45, 2.75) is 6.04 Å². The molecule has 3 nitrogen and oxygen atoms in total. The zero-order chi connectivity index (χ0) is 14.2. The quantitative estimate of drug-likeness (QED) is 0.765. The number of rotatable bonds is 2. The highest BCUT2D eigenvalue weighted by molar-refractivity contribution is 5.69. The van der Waals surface area contributed by atoms with Gasteiger partial charge < -0.3 is 14.6 Å². The minimum Gasteiger partial charge on any atom is -0.497 e. The third-order valence-corrected chi connectivity index (χ3v) is 3.97. The standard InChI is InChI=1S/C18H16N2O/c1-21-14-9-10-16-15(12-14)19-18(13-6-3-2-4-7-13)17-8-5-11-20(16)17/h2-12,18-19H,1H3/t18-/m1/s1. The molecular weight excluding hydrogens is 260 g/mol. The summed E-state index contributed by atoms with van der Waals surface area (Å²) in [5.41, 5.74) is 4.75. The summed E-state index contributed by atoms with van der Waals surface area (Å²) in [6.07, 6.45) is 2.11. The molecule has 2 heterocycles. The molecule has 1 aliphatic heterocycles. The molecule has 0 saturated heterocycles. The summed E-state index contributed by atoms with van der Waals surface area (Å²) in [5.74, 6) is 0.865. The summed E-state index contributed by atoms with van der Waals surface area (Å²) in [6.45, 7) is 0. The Hall–Kier alpha value is -2.68. The second-order valence-corrected chi connectivity index (χ2v) is 5.17. The Kier molecular flexibility index (Phi) is 2.71. The topological polar surface area (TPSA) is 26.2 Å². The van der Waals surface area contributed by atoms with E-state index in [0.29, 0.717) is 0 Å². The first kappa shape index (κ1) is 12.1. The summed E-state index contributed by atoms with van der Waals surface area (Å²) in [4.78, 5) is 0. The summed E-state index contributed by atoms with van der Waals surface area (Å²) in [6, 6.07) is 21.0. The predicted octanol–water partition coefficient (Wildman–Crippen LogP) is 4.00. The third-order valence-electron chi connectivity index (χ3n) is 3.97. The molecule has 0 aliphatic carbocycles. The van der Waals surface area contributed by atoms with Crippen molar-refractivity contribution in [2.24, 2.45) is 0 Å². The first-order valence-electron chi connectivity index (χ1n) is 7.04. The number of hydrogen-bond acceptors (Lipinski definition) is 2. The summed E-state index contributed by atoms with van der Waals surface area (Å²) < 4.78 is 7.58. The van der Waals surface area contributed by atoms with E-state index in [1.165, 1.54) is 11.3 Å². The molecule has 3 aromatic rings. The number of anilines is 1. The van der Waals surface area contributed by atoms with Crippen molar-refractivity contribution in [2.75, 3.05) is 12.4 Å². The minimum absolute atomic E-state index is 0.154. The molecule has 4 rings (SSSR count). The van der Waals surface area contributed by atoms with Crippen molar-refractivity contribution in [3.63, 3.8) is 0 Å². The minimum atomic E-state index is 0.154. The van der Waals surface area contributed by atoms with Gasteiger partial charge in [-0.05, 0) is 29.8 Å². The number of aromatic nitrogens is 1. The molecule has 2 aromatic carbocycles. The Labute approximate surface area is 123 Å². The van der Waals surface area contributed by atoms with Crippen molar-refractivity contribution in [1.29, 1.82) is 0 Å². The van der Waals surface area contributed by atoms with Crippen LogP contribution in [0.1, 0.15) is 17.3 Å². The van der Waals surface area contributed by atoms with Gasteiger partial charge in [0, 0.05) is 18.0 Å². The van der Waals surface area contributed by atoms with Crippen LogP contribution in [0, 0.1) is 0 Å². The van der Waals surface area contributed by atoms with Crippen LogP contribution in [0.4, 0.5) is 5.69 Å². The fraction of sp³-hybridized carbons (Fsp3) is 0.111. The van der Waals surface area contributed by atoms with Crippen LogP contribution in [-0.2, 0) is 0 Å². The van der Waals surface area contributed by atoms with E-state index in [1.807, 2.05) is 18.2 Å². The van der Waals surface area contributed by atoms with Gasteiger partial charge in [0.2, 0.25) is 0 Å². The Morgan fingerprint density at radius 1 is 1.00 bits per heavy atom. The smallest absolute Gasteiger partial charge is 0.121 e. The lowest BCUT2D eigenvalue weighted by atomic mass is 10.0. The van der Waals surface area contributed by atoms with Gasteiger partial charge in [-0.25, -0.2) is 0 Å². The van der Waals surface area contributed by atoms with Gasteiger partial charge in [-0.1, -0.05) is 30.3 Å². The average Bonchev–Trinajstić information content (AvgIpc) is 3.04. The van der Waals surface area contributed by atoms with Crippen LogP contribution in [0.3, 0.4) is 0 Å². The highest BCUT2D eigenvalue weighted by Crippen LogP contribution is 2.38. The predicted molar refractivity (Wildman–Crippen MR) is 84.2 cm³/mol. The van der Waals surface area contributed by atoms with Crippen LogP contribution in [0.25, 0.3) is 5.69 Å². The van der Waals surface area contributed by atoms with Gasteiger partial charge in [-0.2, -0.15) is 0 Å². The van der Waals surface area contributed by atoms with Gasteiger partial charge in [0.1, 0.15) is 5.75 Å². The molecule has 0 unspecified atom stereocenters. The highest BCUT2D eigenvalue weighted by atomic mass is 16.5. The molecule has 1 N–H and O–H groups in total. The van der Waals surface area contributed by atoms with E-state index in [2.05, 4.69) is 58.5 Å². The van der Waals surface area contributed by atoms with Gasteiger partial charge in [0.25, 0.3) is 0 Å². The van der Waals surface area contributed by atoms with E-state index in [1.54, 1.807) is 7.11 Å². The number of nitrogens with zero attached hydrogens (tertiary/aromatic N) is 1. The maximum Gasteiger partial charge on any atom is 0.121 e. The van der Waals surface area contributed by atoms with E-state index in [4.69, 9.17) is 4.74 Å². The molecule has 0 radical (unpaired) electrons. The van der Waals surface area contributed by atoms with Crippen molar-refractivity contribution >= 4 is 5.69 Å². The summed E-state index contributed by atoms with van der Waals surface area (Å²) in [5, 5.41) is 3.63. The van der Waals surface area contributed by atoms with Crippen molar-refractivity contribution in [1.82, 2.24) is 4.57 Å². The largest absolute Gasteiger partial charge is 0.497 e. The molecule has 104 valence electrons. The zero-order valence-electron chi connectivity index (χ0n) is 11.8. The first-order chi connectivity index (χ1) is 10.4. The van der Waals surface area contributed by atoms with Gasteiger partial charge >= 0.3 is 0 Å². The van der Waals surface area contributed by atoms with Crippen LogP contribution in [-0.4, -0.2) is 11.7 Å². The van der Waals surface area contributed by atoms with Gasteiger partial charge in [0.05, 0.1) is 24.5 Å². The molecule has 0 spiro atoms. The van der Waals surface area contributed by atoms with Crippen molar-refractivity contribution in [3.05, 3.63) is 78.1 Å². The number of benzene rings is 2. The molecule has 0 bridgehead atoms. The molecule has 1 aromatic heterocycles. The Morgan fingerprint density at radius 3 is 2.67 bits per heavy atom. The number of fused-ring (bicyclic) bond motifs is 3. The molecular formula is C18H16N2O. The van der Waals surface area contributed by atoms with E-state index >= 15 is 0 Å². The van der Waals surface area contributed by atoms with Crippen LogP contribution in [0.2, 0.25) is 0 Å². The second kappa shape index (κ2) is 4.70. The van der Waals surface area contributed by atoms with Gasteiger partial charge in [-0.15, -0.1) is 0 Å². The summed E-state index contributed by atoms with van der Waals surface area (Å²) in [7, 11) is 1.69. The first-order valence-corrected chi connectivity index (χ1v) is 7.04. The third kappa shape index (κ3) is 1.89. The zero-order valence-corrected chi connectivity index (χ0v) is 11.8. The van der Waals surface area contributed by atoms with Crippen molar-refractivity contribution in [3.8, 4) is 11.4 Å². The number of ether oxygens (including phenoxy) is 1. The number of hydrogen-bond donors (Lipinski definition) is 1. The lowest BCUT2D eigenvalue weighted by Gasteiger charge is -2.30. The van der Waals surface area contributed by atoms with E-state index < -0.39 is 0 Å². The van der Waals surface area contributed by atoms with E-state index in [0.717, 1.165) is 17.1 Å². The molecule has 0 saturated carbocycles. The average molecular weight is 276 g/mol. The summed E-state index contributed by atoms with van der Waals surface area (Å²) >= 11 is 0. The fourth-order valence-corrected chi connectivity index (χ4v) is 2.95.